The van der Waals surface area contributed by atoms with Gasteiger partial charge in [0, 0.05) is 41.2 Å². The molecule has 2 aromatic heterocycles. The highest BCUT2D eigenvalue weighted by Gasteiger charge is 2.33. The van der Waals surface area contributed by atoms with Crippen LogP contribution in [0.25, 0.3) is 21.8 Å². The van der Waals surface area contributed by atoms with E-state index in [2.05, 4.69) is 67.6 Å². The number of ether oxygens (including phenoxy) is 2. The molecule has 0 N–H and O–H groups in total. The van der Waals surface area contributed by atoms with E-state index in [0.29, 0.717) is 17.7 Å². The molecule has 4 unspecified atom stereocenters. The lowest BCUT2D eigenvalue weighted by molar-refractivity contribution is 0.0385. The van der Waals surface area contributed by atoms with Crippen molar-refractivity contribution in [1.82, 2.24) is 14.9 Å². The molecule has 5 rings (SSSR count). The van der Waals surface area contributed by atoms with Crippen LogP contribution < -0.4 is 9.47 Å². The number of para-hydroxylation sites is 1. The number of hydrogen-bond acceptors (Lipinski definition) is 5. The van der Waals surface area contributed by atoms with Gasteiger partial charge in [0.25, 0.3) is 0 Å². The Morgan fingerprint density at radius 2 is 1.92 bits per heavy atom. The van der Waals surface area contributed by atoms with E-state index in [1.54, 1.807) is 7.11 Å². The van der Waals surface area contributed by atoms with E-state index in [-0.39, 0.29) is 12.1 Å². The molecule has 1 aliphatic rings. The molecule has 0 radical (unpaired) electrons. The monoisotopic (exact) mass is 481 g/mol. The molecule has 0 amide bonds. The van der Waals surface area contributed by atoms with E-state index < -0.39 is 0 Å². The summed E-state index contributed by atoms with van der Waals surface area (Å²) in [5.74, 6) is 2.56. The van der Waals surface area contributed by atoms with E-state index in [0.717, 1.165) is 58.2 Å². The Labute approximate surface area is 213 Å². The number of hydrogen-bond donors (Lipinski definition) is 0. The van der Waals surface area contributed by atoms with Crippen LogP contribution in [0.1, 0.15) is 37.5 Å². The Morgan fingerprint density at radius 1 is 1.08 bits per heavy atom. The van der Waals surface area contributed by atoms with Crippen molar-refractivity contribution in [3.63, 3.8) is 0 Å². The van der Waals surface area contributed by atoms with Crippen LogP contribution in [0.5, 0.6) is 11.6 Å². The molecule has 5 nitrogen and oxygen atoms in total. The van der Waals surface area contributed by atoms with Gasteiger partial charge in [-0.1, -0.05) is 31.2 Å². The number of methoxy groups -OCH3 is 1. The maximum absolute atomic E-state index is 6.83. The van der Waals surface area contributed by atoms with Crippen molar-refractivity contribution < 1.29 is 9.47 Å². The summed E-state index contributed by atoms with van der Waals surface area (Å²) in [5, 5.41) is 2.18. The van der Waals surface area contributed by atoms with Crippen LogP contribution in [0.3, 0.4) is 0 Å². The Bertz CT molecular complexity index is 1390. The standard InChI is InChI=1S/C31H35N3O2/c1-6-23-19-34(16-14-20(23)2)22(4)31(26-13-15-32-28-12-11-24(35-5)18-27(26)28)36-30-17-21(3)25-9-7-8-10-29(25)33-30/h6-13,15,17-18,20,22-23,31H,1,14,16,19H2,2-5H3. The Kier molecular flexibility index (Phi) is 6.92. The summed E-state index contributed by atoms with van der Waals surface area (Å²) in [5.41, 5.74) is 4.11. The third-order valence-electron chi connectivity index (χ3n) is 7.80. The predicted octanol–water partition coefficient (Wildman–Crippen LogP) is 6.75. The van der Waals surface area contributed by atoms with Crippen LogP contribution in [-0.2, 0) is 0 Å². The lowest BCUT2D eigenvalue weighted by atomic mass is 9.85. The number of pyridine rings is 2. The average Bonchev–Trinajstić information content (AvgIpc) is 2.91. The number of fused-ring (bicyclic) bond motifs is 2. The molecule has 0 aliphatic carbocycles. The summed E-state index contributed by atoms with van der Waals surface area (Å²) in [6, 6.07) is 18.5. The Hall–Kier alpha value is -3.44. The van der Waals surface area contributed by atoms with Crippen LogP contribution in [0.4, 0.5) is 0 Å². The van der Waals surface area contributed by atoms with E-state index in [1.165, 1.54) is 0 Å². The third kappa shape index (κ3) is 4.68. The number of aryl methyl sites for hydroxylation is 1. The maximum atomic E-state index is 6.83. The van der Waals surface area contributed by atoms with Crippen LogP contribution in [-0.4, -0.2) is 41.1 Å². The van der Waals surface area contributed by atoms with Crippen LogP contribution in [0.2, 0.25) is 0 Å². The van der Waals surface area contributed by atoms with E-state index in [4.69, 9.17) is 14.5 Å². The van der Waals surface area contributed by atoms with Gasteiger partial charge in [-0.05, 0) is 74.5 Å². The molecule has 4 atom stereocenters. The molecule has 5 heteroatoms. The SMILES string of the molecule is C=CC1CN(C(C)C(Oc2cc(C)c3ccccc3n2)c2ccnc3ccc(OC)cc23)CCC1C. The quantitative estimate of drug-likeness (QED) is 0.273. The second-order valence-electron chi connectivity index (χ2n) is 10.0. The maximum Gasteiger partial charge on any atom is 0.214 e. The summed E-state index contributed by atoms with van der Waals surface area (Å²) in [7, 11) is 1.69. The first-order chi connectivity index (χ1) is 17.5. The molecule has 4 aromatic rings. The fraction of sp³-hybridized carbons (Fsp3) is 0.355. The minimum Gasteiger partial charge on any atom is -0.497 e. The van der Waals surface area contributed by atoms with Crippen LogP contribution in [0, 0.1) is 18.8 Å². The molecule has 3 heterocycles. The lowest BCUT2D eigenvalue weighted by Gasteiger charge is -2.41. The van der Waals surface area contributed by atoms with Gasteiger partial charge in [0.2, 0.25) is 5.88 Å². The summed E-state index contributed by atoms with van der Waals surface area (Å²) < 4.78 is 12.4. The highest BCUT2D eigenvalue weighted by molar-refractivity contribution is 5.84. The predicted molar refractivity (Wildman–Crippen MR) is 147 cm³/mol. The van der Waals surface area contributed by atoms with Gasteiger partial charge in [-0.25, -0.2) is 4.98 Å². The third-order valence-corrected chi connectivity index (χ3v) is 7.80. The van der Waals surface area contributed by atoms with Gasteiger partial charge in [-0.3, -0.25) is 9.88 Å². The fourth-order valence-electron chi connectivity index (χ4n) is 5.45. The second kappa shape index (κ2) is 10.3. The first kappa shape index (κ1) is 24.3. The zero-order valence-corrected chi connectivity index (χ0v) is 21.6. The zero-order valence-electron chi connectivity index (χ0n) is 21.6. The highest BCUT2D eigenvalue weighted by atomic mass is 16.5. The Balaban J connectivity index is 1.59. The van der Waals surface area contributed by atoms with Gasteiger partial charge >= 0.3 is 0 Å². The number of nitrogens with zero attached hydrogens (tertiary/aromatic N) is 3. The molecule has 0 spiro atoms. The summed E-state index contributed by atoms with van der Waals surface area (Å²) in [6.07, 6.45) is 4.89. The zero-order chi connectivity index (χ0) is 25.2. The summed E-state index contributed by atoms with van der Waals surface area (Å²) >= 11 is 0. The number of likely N-dealkylation sites (tertiary alicyclic amines) is 1. The first-order valence-electron chi connectivity index (χ1n) is 12.8. The highest BCUT2D eigenvalue weighted by Crippen LogP contribution is 2.36. The van der Waals surface area contributed by atoms with Crippen molar-refractivity contribution in [2.24, 2.45) is 11.8 Å². The van der Waals surface area contributed by atoms with Gasteiger partial charge in [0.15, 0.2) is 0 Å². The van der Waals surface area contributed by atoms with Gasteiger partial charge in [0.1, 0.15) is 11.9 Å². The number of benzene rings is 2. The molecule has 1 fully saturated rings. The molecule has 186 valence electrons. The molecule has 36 heavy (non-hydrogen) atoms. The van der Waals surface area contributed by atoms with Crippen molar-refractivity contribution in [2.45, 2.75) is 39.3 Å². The summed E-state index contributed by atoms with van der Waals surface area (Å²) in [6.45, 7) is 12.8. The van der Waals surface area contributed by atoms with Crippen LogP contribution in [0.15, 0.2) is 73.4 Å². The van der Waals surface area contributed by atoms with Crippen molar-refractivity contribution in [1.29, 1.82) is 0 Å². The molecule has 1 aliphatic heterocycles. The molecular weight excluding hydrogens is 446 g/mol. The van der Waals surface area contributed by atoms with Crippen LogP contribution >= 0.6 is 0 Å². The fourth-order valence-corrected chi connectivity index (χ4v) is 5.45. The second-order valence-corrected chi connectivity index (χ2v) is 10.0. The van der Waals surface area contributed by atoms with Crippen molar-refractivity contribution in [2.75, 3.05) is 20.2 Å². The van der Waals surface area contributed by atoms with E-state index in [9.17, 15) is 0 Å². The lowest BCUT2D eigenvalue weighted by Crippen LogP contribution is -2.47. The molecule has 0 bridgehead atoms. The largest absolute Gasteiger partial charge is 0.497 e. The molecule has 2 aromatic carbocycles. The minimum absolute atomic E-state index is 0.116. The first-order valence-corrected chi connectivity index (χ1v) is 12.8. The van der Waals surface area contributed by atoms with Gasteiger partial charge < -0.3 is 9.47 Å². The molecular formula is C31H35N3O2. The Morgan fingerprint density at radius 3 is 2.72 bits per heavy atom. The van der Waals surface area contributed by atoms with Gasteiger partial charge in [0.05, 0.1) is 18.1 Å². The van der Waals surface area contributed by atoms with Crippen molar-refractivity contribution >= 4 is 21.8 Å². The van der Waals surface area contributed by atoms with Gasteiger partial charge in [-0.2, -0.15) is 0 Å². The van der Waals surface area contributed by atoms with Gasteiger partial charge in [-0.15, -0.1) is 6.58 Å². The van der Waals surface area contributed by atoms with Crippen molar-refractivity contribution in [3.8, 4) is 11.6 Å². The number of piperidine rings is 1. The smallest absolute Gasteiger partial charge is 0.214 e. The minimum atomic E-state index is -0.241. The van der Waals surface area contributed by atoms with Crippen molar-refractivity contribution in [3.05, 3.63) is 84.6 Å². The topological polar surface area (TPSA) is 47.5 Å². The number of aromatic nitrogens is 2. The number of rotatable bonds is 7. The molecule has 1 saturated heterocycles. The average molecular weight is 482 g/mol. The molecule has 0 saturated carbocycles. The van der Waals surface area contributed by atoms with E-state index in [1.807, 2.05) is 36.5 Å². The van der Waals surface area contributed by atoms with E-state index >= 15 is 0 Å². The normalized spacial score (nSPS) is 20.2. The summed E-state index contributed by atoms with van der Waals surface area (Å²) in [4.78, 5) is 12.0.